The number of alkyl halides is 1. The van der Waals surface area contributed by atoms with E-state index >= 15 is 0 Å². The standard InChI is InChI=1S/C18H26BrNO3/c1-13-12-18(9-11-20-13,16(21)8-5-10-19)14-6-4-7-15(22-2)17(14)23-3/h4,6-7,9,11,13,16,20-21H,5,8,10,12H2,1-3H3/t13?,16-,18+/m1/s1. The zero-order chi connectivity index (χ0) is 16.9. The number of halogens is 1. The number of methoxy groups -OCH3 is 2. The molecule has 0 radical (unpaired) electrons. The molecule has 23 heavy (non-hydrogen) atoms. The van der Waals surface area contributed by atoms with Crippen molar-refractivity contribution in [1.29, 1.82) is 0 Å². The van der Waals surface area contributed by atoms with E-state index < -0.39 is 11.5 Å². The lowest BCUT2D eigenvalue weighted by molar-refractivity contribution is 0.0816. The quantitative estimate of drug-likeness (QED) is 0.708. The minimum Gasteiger partial charge on any atom is -0.493 e. The lowest BCUT2D eigenvalue weighted by Crippen LogP contribution is -2.46. The van der Waals surface area contributed by atoms with E-state index in [9.17, 15) is 5.11 Å². The van der Waals surface area contributed by atoms with Crippen LogP contribution in [0.5, 0.6) is 11.5 Å². The Balaban J connectivity index is 2.54. The summed E-state index contributed by atoms with van der Waals surface area (Å²) in [5.41, 5.74) is 0.498. The van der Waals surface area contributed by atoms with Gasteiger partial charge in [0, 0.05) is 22.4 Å². The van der Waals surface area contributed by atoms with Gasteiger partial charge in [-0.1, -0.05) is 34.1 Å². The zero-order valence-corrected chi connectivity index (χ0v) is 15.6. The molecule has 0 saturated carbocycles. The highest BCUT2D eigenvalue weighted by atomic mass is 79.9. The molecule has 4 nitrogen and oxygen atoms in total. The largest absolute Gasteiger partial charge is 0.493 e. The van der Waals surface area contributed by atoms with Crippen molar-refractivity contribution in [1.82, 2.24) is 5.32 Å². The molecule has 2 N–H and O–H groups in total. The second-order valence-corrected chi connectivity index (χ2v) is 6.83. The number of aliphatic hydroxyl groups is 1. The molecule has 3 atom stereocenters. The fourth-order valence-corrected chi connectivity index (χ4v) is 3.73. The number of para-hydroxylation sites is 1. The molecule has 0 amide bonds. The summed E-state index contributed by atoms with van der Waals surface area (Å²) in [5, 5.41) is 15.2. The van der Waals surface area contributed by atoms with E-state index in [2.05, 4.69) is 34.2 Å². The van der Waals surface area contributed by atoms with Gasteiger partial charge in [0.1, 0.15) is 0 Å². The SMILES string of the molecule is COc1cccc([C@]2([C@H](O)CCCBr)C=CNC(C)C2)c1OC. The third-order valence-electron chi connectivity index (χ3n) is 4.52. The van der Waals surface area contributed by atoms with E-state index in [-0.39, 0.29) is 6.04 Å². The van der Waals surface area contributed by atoms with Gasteiger partial charge in [-0.15, -0.1) is 0 Å². The molecule has 1 aromatic carbocycles. The Hall–Kier alpha value is -1.20. The molecule has 1 aliphatic rings. The molecule has 5 heteroatoms. The third-order valence-corrected chi connectivity index (χ3v) is 5.08. The van der Waals surface area contributed by atoms with Crippen LogP contribution >= 0.6 is 15.9 Å². The van der Waals surface area contributed by atoms with E-state index in [4.69, 9.17) is 9.47 Å². The van der Waals surface area contributed by atoms with Gasteiger partial charge in [0.2, 0.25) is 0 Å². The van der Waals surface area contributed by atoms with Crippen LogP contribution in [0, 0.1) is 0 Å². The van der Waals surface area contributed by atoms with E-state index in [0.29, 0.717) is 11.5 Å². The molecular formula is C18H26BrNO3. The Bertz CT molecular complexity index is 549. The first kappa shape index (κ1) is 18.1. The molecular weight excluding hydrogens is 358 g/mol. The highest BCUT2D eigenvalue weighted by molar-refractivity contribution is 9.09. The maximum atomic E-state index is 11.0. The highest BCUT2D eigenvalue weighted by Gasteiger charge is 2.42. The van der Waals surface area contributed by atoms with Crippen molar-refractivity contribution in [3.05, 3.63) is 36.0 Å². The molecule has 1 heterocycles. The van der Waals surface area contributed by atoms with E-state index in [0.717, 1.165) is 30.2 Å². The Morgan fingerprint density at radius 2 is 2.17 bits per heavy atom. The van der Waals surface area contributed by atoms with Crippen molar-refractivity contribution in [3.63, 3.8) is 0 Å². The summed E-state index contributed by atoms with van der Waals surface area (Å²) >= 11 is 3.45. The summed E-state index contributed by atoms with van der Waals surface area (Å²) in [4.78, 5) is 0. The van der Waals surface area contributed by atoms with E-state index in [1.165, 1.54) is 0 Å². The summed E-state index contributed by atoms with van der Waals surface area (Å²) in [6, 6.07) is 6.14. The van der Waals surface area contributed by atoms with E-state index in [1.807, 2.05) is 24.4 Å². The topological polar surface area (TPSA) is 50.7 Å². The van der Waals surface area contributed by atoms with Crippen LogP contribution in [0.4, 0.5) is 0 Å². The summed E-state index contributed by atoms with van der Waals surface area (Å²) in [5.74, 6) is 1.39. The van der Waals surface area contributed by atoms with Crippen molar-refractivity contribution in [3.8, 4) is 11.5 Å². The van der Waals surface area contributed by atoms with Crippen LogP contribution in [0.15, 0.2) is 30.5 Å². The molecule has 1 aliphatic heterocycles. The second-order valence-electron chi connectivity index (χ2n) is 6.03. The van der Waals surface area contributed by atoms with Gasteiger partial charge in [0.05, 0.1) is 20.3 Å². The molecule has 128 valence electrons. The number of benzene rings is 1. The molecule has 2 rings (SSSR count). The van der Waals surface area contributed by atoms with E-state index in [1.54, 1.807) is 14.2 Å². The number of hydrogen-bond acceptors (Lipinski definition) is 4. The fourth-order valence-electron chi connectivity index (χ4n) is 3.40. The van der Waals surface area contributed by atoms with Crippen LogP contribution < -0.4 is 14.8 Å². The first-order chi connectivity index (χ1) is 11.1. The van der Waals surface area contributed by atoms with Crippen LogP contribution in [0.3, 0.4) is 0 Å². The predicted molar refractivity (Wildman–Crippen MR) is 96.6 cm³/mol. The number of nitrogens with one attached hydrogen (secondary N) is 1. The lowest BCUT2D eigenvalue weighted by Gasteiger charge is -2.41. The minimum absolute atomic E-state index is 0.273. The molecule has 0 aromatic heterocycles. The van der Waals surface area contributed by atoms with Gasteiger partial charge in [0.25, 0.3) is 0 Å². The van der Waals surface area contributed by atoms with Crippen molar-refractivity contribution < 1.29 is 14.6 Å². The van der Waals surface area contributed by atoms with Crippen LogP contribution in [0.25, 0.3) is 0 Å². The van der Waals surface area contributed by atoms with Gasteiger partial charge in [-0.3, -0.25) is 0 Å². The van der Waals surface area contributed by atoms with Gasteiger partial charge in [0.15, 0.2) is 11.5 Å². The molecule has 0 aliphatic carbocycles. The fraction of sp³-hybridized carbons (Fsp3) is 0.556. The average molecular weight is 384 g/mol. The van der Waals surface area contributed by atoms with Gasteiger partial charge in [-0.05, 0) is 38.5 Å². The second kappa shape index (κ2) is 8.06. The zero-order valence-electron chi connectivity index (χ0n) is 14.0. The predicted octanol–water partition coefficient (Wildman–Crippen LogP) is 3.37. The number of ether oxygens (including phenoxy) is 2. The summed E-state index contributed by atoms with van der Waals surface area (Å²) in [6.07, 6.45) is 5.99. The smallest absolute Gasteiger partial charge is 0.164 e. The Morgan fingerprint density at radius 1 is 1.39 bits per heavy atom. The molecule has 0 spiro atoms. The van der Waals surface area contributed by atoms with Crippen LogP contribution in [-0.2, 0) is 5.41 Å². The minimum atomic E-state index is -0.484. The maximum absolute atomic E-state index is 11.0. The number of aliphatic hydroxyl groups excluding tert-OH is 1. The molecule has 0 fully saturated rings. The average Bonchev–Trinajstić information content (AvgIpc) is 2.58. The summed E-state index contributed by atoms with van der Waals surface area (Å²) < 4.78 is 11.1. The number of rotatable bonds is 7. The lowest BCUT2D eigenvalue weighted by atomic mass is 9.68. The van der Waals surface area contributed by atoms with Gasteiger partial charge in [-0.2, -0.15) is 0 Å². The van der Waals surface area contributed by atoms with Crippen molar-refractivity contribution in [2.24, 2.45) is 0 Å². The van der Waals surface area contributed by atoms with Gasteiger partial charge >= 0.3 is 0 Å². The Morgan fingerprint density at radius 3 is 2.78 bits per heavy atom. The van der Waals surface area contributed by atoms with Gasteiger partial charge < -0.3 is 19.9 Å². The molecule has 1 unspecified atom stereocenters. The third kappa shape index (κ3) is 3.66. The van der Waals surface area contributed by atoms with Crippen molar-refractivity contribution in [2.75, 3.05) is 19.5 Å². The molecule has 1 aromatic rings. The normalized spacial score (nSPS) is 24.8. The maximum Gasteiger partial charge on any atom is 0.164 e. The first-order valence-corrected chi connectivity index (χ1v) is 9.10. The number of hydrogen-bond donors (Lipinski definition) is 2. The van der Waals surface area contributed by atoms with Crippen molar-refractivity contribution in [2.45, 2.75) is 43.7 Å². The van der Waals surface area contributed by atoms with Crippen molar-refractivity contribution >= 4 is 15.9 Å². The Kier molecular flexibility index (Phi) is 6.36. The van der Waals surface area contributed by atoms with Gasteiger partial charge in [-0.25, -0.2) is 0 Å². The van der Waals surface area contributed by atoms with Crippen LogP contribution in [-0.4, -0.2) is 36.8 Å². The molecule has 0 bridgehead atoms. The van der Waals surface area contributed by atoms with Crippen LogP contribution in [0.2, 0.25) is 0 Å². The summed E-state index contributed by atoms with van der Waals surface area (Å²) in [6.45, 7) is 2.13. The highest BCUT2D eigenvalue weighted by Crippen LogP contribution is 2.45. The monoisotopic (exact) mass is 383 g/mol. The first-order valence-electron chi connectivity index (χ1n) is 7.98. The Labute approximate surface area is 147 Å². The molecule has 0 saturated heterocycles. The summed E-state index contributed by atoms with van der Waals surface area (Å²) in [7, 11) is 3.28. The van der Waals surface area contributed by atoms with Crippen LogP contribution in [0.1, 0.15) is 31.7 Å².